The smallest absolute Gasteiger partial charge is 0.0447 e. The monoisotopic (exact) mass is 812 g/mol. The van der Waals surface area contributed by atoms with Gasteiger partial charge in [0.15, 0.2) is 0 Å². The Bertz CT molecular complexity index is 2900. The van der Waals surface area contributed by atoms with Gasteiger partial charge in [-0.2, -0.15) is 0 Å². The van der Waals surface area contributed by atoms with Crippen LogP contribution in [-0.2, 0) is 31.1 Å². The topological polar surface area (TPSA) is 6.48 Å². The zero-order valence-electron chi connectivity index (χ0n) is 36.7. The normalized spacial score (nSPS) is 14.7. The van der Waals surface area contributed by atoms with Gasteiger partial charge in [0.25, 0.3) is 0 Å². The molecule has 0 aromatic heterocycles. The standard InChI is InChI=1S/C61H52N2/c1-61(2)55-37-43(15-13-41-17-23-45(24-18-41)51-33-31-49-29-27-47-9-5-7-11-57(47)62(3)59(49)39-51)21-35-53(55)54-36-22-44(38-56(54)61)16-14-42-19-25-46(26-20-42)52-34-32-50-30-28-48-10-6-8-12-58(48)63(4)60(50)40-52/h5-26,31-40H,27-30H2,1-4H3/b15-13+,16-14+. The van der Waals surface area contributed by atoms with E-state index in [9.17, 15) is 0 Å². The third-order valence-electron chi connectivity index (χ3n) is 14.1. The summed E-state index contributed by atoms with van der Waals surface area (Å²) < 4.78 is 0. The molecule has 2 aliphatic heterocycles. The molecule has 2 heteroatoms. The van der Waals surface area contributed by atoms with E-state index in [1.165, 1.54) is 112 Å². The van der Waals surface area contributed by atoms with Gasteiger partial charge in [-0.1, -0.05) is 184 Å². The SMILES string of the molecule is CN1c2ccccc2CCc2ccc(-c3ccc(/C=C/c4ccc5c(c4)C(C)(C)c4cc(/C=C/c6ccc(-c7ccc8c(c7)N(C)c7ccccc7CC8)cc6)ccc4-5)cc3)cc21. The van der Waals surface area contributed by atoms with Crippen molar-refractivity contribution in [2.75, 3.05) is 23.9 Å². The lowest BCUT2D eigenvalue weighted by atomic mass is 9.81. The van der Waals surface area contributed by atoms with E-state index in [1.807, 2.05) is 0 Å². The number of rotatable bonds is 6. The van der Waals surface area contributed by atoms with Crippen molar-refractivity contribution in [3.63, 3.8) is 0 Å². The van der Waals surface area contributed by atoms with Crippen LogP contribution in [0, 0.1) is 0 Å². The molecule has 2 nitrogen and oxygen atoms in total. The second kappa shape index (κ2) is 15.6. The van der Waals surface area contributed by atoms with Crippen LogP contribution in [0.2, 0.25) is 0 Å². The van der Waals surface area contributed by atoms with Crippen molar-refractivity contribution in [3.05, 3.63) is 225 Å². The number of anilines is 4. The number of hydrogen-bond donors (Lipinski definition) is 0. The number of para-hydroxylation sites is 2. The van der Waals surface area contributed by atoms with E-state index in [-0.39, 0.29) is 5.41 Å². The zero-order valence-corrected chi connectivity index (χ0v) is 36.7. The summed E-state index contributed by atoms with van der Waals surface area (Å²) in [7, 11) is 4.40. The van der Waals surface area contributed by atoms with E-state index in [4.69, 9.17) is 0 Å². The Morgan fingerprint density at radius 1 is 0.349 bits per heavy atom. The van der Waals surface area contributed by atoms with Gasteiger partial charge in [0.2, 0.25) is 0 Å². The highest BCUT2D eigenvalue weighted by molar-refractivity contribution is 5.86. The fraction of sp³-hybridized carbons (Fsp3) is 0.148. The minimum absolute atomic E-state index is 0.101. The summed E-state index contributed by atoms with van der Waals surface area (Å²) in [5, 5.41) is 0. The summed E-state index contributed by atoms with van der Waals surface area (Å²) in [4.78, 5) is 4.72. The molecule has 0 fully saturated rings. The van der Waals surface area contributed by atoms with E-state index in [0.717, 1.165) is 25.7 Å². The Balaban J connectivity index is 0.772. The molecule has 8 aromatic rings. The van der Waals surface area contributed by atoms with Crippen LogP contribution >= 0.6 is 0 Å². The zero-order chi connectivity index (χ0) is 42.7. The Labute approximate surface area is 373 Å². The van der Waals surface area contributed by atoms with Crippen molar-refractivity contribution >= 4 is 47.1 Å². The van der Waals surface area contributed by atoms with E-state index in [0.29, 0.717) is 0 Å². The summed E-state index contributed by atoms with van der Waals surface area (Å²) in [5.74, 6) is 0. The van der Waals surface area contributed by atoms with Gasteiger partial charge in [-0.3, -0.25) is 0 Å². The Morgan fingerprint density at radius 2 is 0.698 bits per heavy atom. The highest BCUT2D eigenvalue weighted by Crippen LogP contribution is 2.49. The fourth-order valence-electron chi connectivity index (χ4n) is 10.4. The predicted octanol–water partition coefficient (Wildman–Crippen LogP) is 15.4. The Hall–Kier alpha value is -7.16. The maximum atomic E-state index is 2.39. The summed E-state index contributed by atoms with van der Waals surface area (Å²) in [6, 6.07) is 63.4. The third kappa shape index (κ3) is 7.10. The van der Waals surface area contributed by atoms with Crippen LogP contribution in [0.25, 0.3) is 57.7 Å². The molecule has 0 radical (unpaired) electrons. The first-order valence-corrected chi connectivity index (χ1v) is 22.5. The minimum atomic E-state index is -0.101. The molecule has 0 N–H and O–H groups in total. The molecule has 0 spiro atoms. The molecule has 11 rings (SSSR count). The van der Waals surface area contributed by atoms with Crippen LogP contribution in [0.15, 0.2) is 170 Å². The molecular weight excluding hydrogens is 761 g/mol. The molecule has 306 valence electrons. The lowest BCUT2D eigenvalue weighted by Gasteiger charge is -2.22. The first-order valence-electron chi connectivity index (χ1n) is 22.5. The van der Waals surface area contributed by atoms with Crippen molar-refractivity contribution < 1.29 is 0 Å². The van der Waals surface area contributed by atoms with Crippen LogP contribution in [0.4, 0.5) is 22.7 Å². The highest BCUT2D eigenvalue weighted by Gasteiger charge is 2.35. The largest absolute Gasteiger partial charge is 0.344 e. The minimum Gasteiger partial charge on any atom is -0.344 e. The van der Waals surface area contributed by atoms with E-state index < -0.39 is 0 Å². The molecular formula is C61H52N2. The molecule has 0 saturated carbocycles. The molecule has 8 aromatic carbocycles. The van der Waals surface area contributed by atoms with Gasteiger partial charge in [0.1, 0.15) is 0 Å². The Morgan fingerprint density at radius 3 is 1.13 bits per heavy atom. The number of fused-ring (bicyclic) bond motifs is 7. The lowest BCUT2D eigenvalue weighted by molar-refractivity contribution is 0.660. The number of nitrogens with zero attached hydrogens (tertiary/aromatic N) is 2. The van der Waals surface area contributed by atoms with Gasteiger partial charge in [-0.05, 0) is 139 Å². The number of aryl methyl sites for hydroxylation is 4. The van der Waals surface area contributed by atoms with Gasteiger partial charge in [-0.25, -0.2) is 0 Å². The van der Waals surface area contributed by atoms with E-state index >= 15 is 0 Å². The molecule has 2 heterocycles. The summed E-state index contributed by atoms with van der Waals surface area (Å²) in [5.41, 5.74) is 26.0. The van der Waals surface area contributed by atoms with Crippen LogP contribution in [0.5, 0.6) is 0 Å². The molecule has 0 saturated heterocycles. The average molecular weight is 813 g/mol. The highest BCUT2D eigenvalue weighted by atomic mass is 15.1. The van der Waals surface area contributed by atoms with E-state index in [1.54, 1.807) is 0 Å². The predicted molar refractivity (Wildman–Crippen MR) is 269 cm³/mol. The first kappa shape index (κ1) is 38.7. The number of hydrogen-bond acceptors (Lipinski definition) is 2. The average Bonchev–Trinajstić information content (AvgIpc) is 3.40. The summed E-state index contributed by atoms with van der Waals surface area (Å²) >= 11 is 0. The van der Waals surface area contributed by atoms with Crippen molar-refractivity contribution in [1.82, 2.24) is 0 Å². The third-order valence-corrected chi connectivity index (χ3v) is 14.1. The van der Waals surface area contributed by atoms with Crippen molar-refractivity contribution in [1.29, 1.82) is 0 Å². The molecule has 63 heavy (non-hydrogen) atoms. The Kier molecular flexibility index (Phi) is 9.61. The molecule has 0 bridgehead atoms. The maximum absolute atomic E-state index is 2.39. The van der Waals surface area contributed by atoms with Crippen molar-refractivity contribution in [3.8, 4) is 33.4 Å². The van der Waals surface area contributed by atoms with E-state index in [2.05, 4.69) is 232 Å². The lowest BCUT2D eigenvalue weighted by Crippen LogP contribution is -2.15. The van der Waals surface area contributed by atoms with Gasteiger partial charge >= 0.3 is 0 Å². The quantitative estimate of drug-likeness (QED) is 0.154. The molecule has 1 aliphatic carbocycles. The molecule has 3 aliphatic rings. The molecule has 0 amide bonds. The summed E-state index contributed by atoms with van der Waals surface area (Å²) in [6.45, 7) is 4.74. The number of benzene rings is 8. The van der Waals surface area contributed by atoms with Gasteiger partial charge < -0.3 is 9.80 Å². The summed E-state index contributed by atoms with van der Waals surface area (Å²) in [6.07, 6.45) is 13.3. The van der Waals surface area contributed by atoms with Gasteiger partial charge in [-0.15, -0.1) is 0 Å². The van der Waals surface area contributed by atoms with Crippen LogP contribution in [-0.4, -0.2) is 14.1 Å². The fourth-order valence-corrected chi connectivity index (χ4v) is 10.4. The second-order valence-electron chi connectivity index (χ2n) is 18.2. The second-order valence-corrected chi connectivity index (χ2v) is 18.2. The molecule has 0 unspecified atom stereocenters. The molecule has 0 atom stereocenters. The van der Waals surface area contributed by atoms with Crippen LogP contribution in [0.1, 0.15) is 69.5 Å². The maximum Gasteiger partial charge on any atom is 0.0447 e. The van der Waals surface area contributed by atoms with Gasteiger partial charge in [0.05, 0.1) is 0 Å². The van der Waals surface area contributed by atoms with Crippen molar-refractivity contribution in [2.45, 2.75) is 44.9 Å². The van der Waals surface area contributed by atoms with Crippen LogP contribution in [0.3, 0.4) is 0 Å². The van der Waals surface area contributed by atoms with Crippen LogP contribution < -0.4 is 9.80 Å². The first-order chi connectivity index (χ1) is 30.8. The van der Waals surface area contributed by atoms with Gasteiger partial charge in [0, 0.05) is 42.3 Å². The van der Waals surface area contributed by atoms with Crippen molar-refractivity contribution in [2.24, 2.45) is 0 Å².